The van der Waals surface area contributed by atoms with E-state index in [1.54, 1.807) is 0 Å². The Bertz CT molecular complexity index is 969. The Morgan fingerprint density at radius 1 is 1.00 bits per heavy atom. The minimum absolute atomic E-state index is 1.04. The first-order valence-electron chi connectivity index (χ1n) is 7.26. The largest absolute Gasteiger partial charge is 0.295 e. The molecule has 0 bridgehead atoms. The Hall–Kier alpha value is -1.87. The molecule has 2 nitrogen and oxygen atoms in total. The standard InChI is InChI=1S/C18H15BrN2/c1-2-6-12-11-20-18-15-8-4-3-7-13(15)14-9-5-10-16(19)17(14)21(12)18/h3-5,7-11H,2,6H2,1H3. The minimum Gasteiger partial charge on any atom is -0.295 e. The number of halogens is 1. The van der Waals surface area contributed by atoms with E-state index in [4.69, 9.17) is 4.98 Å². The molecule has 104 valence electrons. The van der Waals surface area contributed by atoms with Crippen LogP contribution in [0.25, 0.3) is 27.3 Å². The molecule has 4 aromatic rings. The average molecular weight is 339 g/mol. The summed E-state index contributed by atoms with van der Waals surface area (Å²) in [6, 6.07) is 14.9. The van der Waals surface area contributed by atoms with E-state index in [1.165, 1.54) is 27.4 Å². The van der Waals surface area contributed by atoms with Crippen molar-refractivity contribution in [2.75, 3.05) is 0 Å². The zero-order valence-electron chi connectivity index (χ0n) is 11.8. The van der Waals surface area contributed by atoms with E-state index in [-0.39, 0.29) is 0 Å². The summed E-state index contributed by atoms with van der Waals surface area (Å²) in [6.45, 7) is 2.21. The molecule has 0 aliphatic carbocycles. The quantitative estimate of drug-likeness (QED) is 0.450. The van der Waals surface area contributed by atoms with E-state index in [0.717, 1.165) is 23.0 Å². The summed E-state index contributed by atoms with van der Waals surface area (Å²) in [5.41, 5.74) is 3.54. The summed E-state index contributed by atoms with van der Waals surface area (Å²) in [5, 5.41) is 3.74. The number of fused-ring (bicyclic) bond motifs is 6. The predicted molar refractivity (Wildman–Crippen MR) is 91.9 cm³/mol. The van der Waals surface area contributed by atoms with Gasteiger partial charge in [0.05, 0.1) is 5.52 Å². The number of para-hydroxylation sites is 1. The molecular formula is C18H15BrN2. The lowest BCUT2D eigenvalue weighted by atomic mass is 10.1. The minimum atomic E-state index is 1.04. The summed E-state index contributed by atoms with van der Waals surface area (Å²) in [5.74, 6) is 0. The number of benzene rings is 2. The SMILES string of the molecule is CCCc1cnc2c3ccccc3c3cccc(Br)c3n12. The van der Waals surface area contributed by atoms with Crippen LogP contribution in [0.2, 0.25) is 0 Å². The molecular weight excluding hydrogens is 324 g/mol. The third-order valence-corrected chi connectivity index (χ3v) is 4.65. The van der Waals surface area contributed by atoms with Crippen LogP contribution in [0.4, 0.5) is 0 Å². The van der Waals surface area contributed by atoms with Gasteiger partial charge in [0.2, 0.25) is 0 Å². The van der Waals surface area contributed by atoms with Gasteiger partial charge in [0.25, 0.3) is 0 Å². The van der Waals surface area contributed by atoms with E-state index < -0.39 is 0 Å². The van der Waals surface area contributed by atoms with Gasteiger partial charge in [-0.25, -0.2) is 4.98 Å². The zero-order chi connectivity index (χ0) is 14.4. The van der Waals surface area contributed by atoms with Crippen LogP contribution >= 0.6 is 15.9 Å². The van der Waals surface area contributed by atoms with Crippen molar-refractivity contribution in [1.82, 2.24) is 9.38 Å². The molecule has 0 spiro atoms. The Labute approximate surface area is 131 Å². The van der Waals surface area contributed by atoms with E-state index in [1.807, 2.05) is 6.20 Å². The lowest BCUT2D eigenvalue weighted by Gasteiger charge is -2.11. The number of hydrogen-bond acceptors (Lipinski definition) is 1. The van der Waals surface area contributed by atoms with Crippen molar-refractivity contribution in [3.8, 4) is 0 Å². The first-order chi connectivity index (χ1) is 10.3. The van der Waals surface area contributed by atoms with Crippen LogP contribution in [0.1, 0.15) is 19.0 Å². The van der Waals surface area contributed by atoms with Crippen LogP contribution in [0.3, 0.4) is 0 Å². The second-order valence-electron chi connectivity index (χ2n) is 5.34. The maximum absolute atomic E-state index is 4.70. The van der Waals surface area contributed by atoms with Crippen molar-refractivity contribution in [3.05, 3.63) is 58.8 Å². The maximum Gasteiger partial charge on any atom is 0.145 e. The van der Waals surface area contributed by atoms with Gasteiger partial charge in [-0.3, -0.25) is 4.40 Å². The molecule has 0 fully saturated rings. The highest BCUT2D eigenvalue weighted by Crippen LogP contribution is 2.33. The molecule has 0 amide bonds. The Kier molecular flexibility index (Phi) is 2.96. The third-order valence-electron chi connectivity index (χ3n) is 4.01. The topological polar surface area (TPSA) is 17.3 Å². The molecule has 3 heteroatoms. The van der Waals surface area contributed by atoms with Crippen molar-refractivity contribution in [2.24, 2.45) is 0 Å². The Morgan fingerprint density at radius 2 is 1.76 bits per heavy atom. The van der Waals surface area contributed by atoms with Crippen molar-refractivity contribution in [3.63, 3.8) is 0 Å². The molecule has 2 heterocycles. The highest BCUT2D eigenvalue weighted by atomic mass is 79.9. The maximum atomic E-state index is 4.70. The van der Waals surface area contributed by atoms with E-state index in [0.29, 0.717) is 0 Å². The van der Waals surface area contributed by atoms with Crippen LogP contribution in [-0.4, -0.2) is 9.38 Å². The van der Waals surface area contributed by atoms with Gasteiger partial charge in [0.15, 0.2) is 0 Å². The van der Waals surface area contributed by atoms with E-state index in [2.05, 4.69) is 69.7 Å². The first kappa shape index (κ1) is 12.8. The summed E-state index contributed by atoms with van der Waals surface area (Å²) in [6.07, 6.45) is 4.17. The monoisotopic (exact) mass is 338 g/mol. The Morgan fingerprint density at radius 3 is 2.57 bits per heavy atom. The van der Waals surface area contributed by atoms with Gasteiger partial charge in [0.1, 0.15) is 5.65 Å². The van der Waals surface area contributed by atoms with E-state index >= 15 is 0 Å². The van der Waals surface area contributed by atoms with Crippen LogP contribution < -0.4 is 0 Å². The van der Waals surface area contributed by atoms with Crippen LogP contribution in [-0.2, 0) is 6.42 Å². The molecule has 0 N–H and O–H groups in total. The second-order valence-corrected chi connectivity index (χ2v) is 6.19. The second kappa shape index (κ2) is 4.85. The summed E-state index contributed by atoms with van der Waals surface area (Å²) >= 11 is 3.73. The third kappa shape index (κ3) is 1.80. The zero-order valence-corrected chi connectivity index (χ0v) is 13.4. The smallest absolute Gasteiger partial charge is 0.145 e. The van der Waals surface area contributed by atoms with Gasteiger partial charge >= 0.3 is 0 Å². The van der Waals surface area contributed by atoms with Crippen molar-refractivity contribution < 1.29 is 0 Å². The number of aryl methyl sites for hydroxylation is 1. The number of nitrogens with zero attached hydrogens (tertiary/aromatic N) is 2. The summed E-state index contributed by atoms with van der Waals surface area (Å²) in [4.78, 5) is 4.70. The fraction of sp³-hybridized carbons (Fsp3) is 0.167. The number of hydrogen-bond donors (Lipinski definition) is 0. The Balaban J connectivity index is 2.34. The molecule has 2 aromatic carbocycles. The summed E-state index contributed by atoms with van der Waals surface area (Å²) in [7, 11) is 0. The molecule has 0 aliphatic heterocycles. The molecule has 0 saturated carbocycles. The average Bonchev–Trinajstić information content (AvgIpc) is 2.92. The van der Waals surface area contributed by atoms with Gasteiger partial charge in [-0.15, -0.1) is 0 Å². The number of imidazole rings is 1. The fourth-order valence-electron chi connectivity index (χ4n) is 3.13. The lowest BCUT2D eigenvalue weighted by molar-refractivity contribution is 0.877. The highest BCUT2D eigenvalue weighted by molar-refractivity contribution is 9.10. The fourth-order valence-corrected chi connectivity index (χ4v) is 3.68. The molecule has 0 aliphatic rings. The van der Waals surface area contributed by atoms with Gasteiger partial charge in [-0.2, -0.15) is 0 Å². The molecule has 0 unspecified atom stereocenters. The molecule has 21 heavy (non-hydrogen) atoms. The number of rotatable bonds is 2. The van der Waals surface area contributed by atoms with Crippen molar-refractivity contribution in [2.45, 2.75) is 19.8 Å². The van der Waals surface area contributed by atoms with Gasteiger partial charge in [-0.1, -0.05) is 49.7 Å². The molecule has 2 aromatic heterocycles. The number of pyridine rings is 1. The van der Waals surface area contributed by atoms with E-state index in [9.17, 15) is 0 Å². The van der Waals surface area contributed by atoms with Gasteiger partial charge in [0, 0.05) is 27.1 Å². The lowest BCUT2D eigenvalue weighted by Crippen LogP contribution is -1.97. The normalized spacial score (nSPS) is 11.7. The molecule has 0 radical (unpaired) electrons. The molecule has 0 saturated heterocycles. The van der Waals surface area contributed by atoms with Crippen LogP contribution in [0.15, 0.2) is 53.1 Å². The van der Waals surface area contributed by atoms with Gasteiger partial charge < -0.3 is 0 Å². The molecule has 4 rings (SSSR count). The molecule has 0 atom stereocenters. The van der Waals surface area contributed by atoms with Crippen molar-refractivity contribution >= 4 is 43.3 Å². The van der Waals surface area contributed by atoms with Crippen LogP contribution in [0, 0.1) is 0 Å². The highest BCUT2D eigenvalue weighted by Gasteiger charge is 2.13. The predicted octanol–water partition coefficient (Wildman–Crippen LogP) is 5.36. The van der Waals surface area contributed by atoms with Crippen LogP contribution in [0.5, 0.6) is 0 Å². The first-order valence-corrected chi connectivity index (χ1v) is 8.06. The van der Waals surface area contributed by atoms with Gasteiger partial charge in [-0.05, 0) is 33.8 Å². The summed E-state index contributed by atoms with van der Waals surface area (Å²) < 4.78 is 3.43. The number of aromatic nitrogens is 2. The van der Waals surface area contributed by atoms with Crippen molar-refractivity contribution in [1.29, 1.82) is 0 Å².